The Labute approximate surface area is 103 Å². The number of aliphatic hydroxyl groups excluding tert-OH is 1. The summed E-state index contributed by atoms with van der Waals surface area (Å²) in [4.78, 5) is 0. The lowest BCUT2D eigenvalue weighted by Gasteiger charge is -2.09. The van der Waals surface area contributed by atoms with Gasteiger partial charge in [0.05, 0.1) is 6.10 Å². The molecule has 0 spiro atoms. The Bertz CT molecular complexity index is 536. The standard InChI is InChI=1S/C14H12F2O2/c1-9(17)10-2-5-12(6-3-10)18-14-8-11(15)4-7-13(14)16/h2-9,17H,1H3. The van der Waals surface area contributed by atoms with E-state index in [0.29, 0.717) is 5.75 Å². The number of ether oxygens (including phenoxy) is 1. The van der Waals surface area contributed by atoms with Gasteiger partial charge in [-0.15, -0.1) is 0 Å². The molecule has 18 heavy (non-hydrogen) atoms. The lowest BCUT2D eigenvalue weighted by Crippen LogP contribution is -1.92. The van der Waals surface area contributed by atoms with Crippen molar-refractivity contribution in [1.29, 1.82) is 0 Å². The summed E-state index contributed by atoms with van der Waals surface area (Å²) in [6, 6.07) is 9.53. The van der Waals surface area contributed by atoms with Gasteiger partial charge in [-0.2, -0.15) is 0 Å². The van der Waals surface area contributed by atoms with Crippen LogP contribution in [0.25, 0.3) is 0 Å². The Hall–Kier alpha value is -1.94. The van der Waals surface area contributed by atoms with E-state index in [1.54, 1.807) is 31.2 Å². The van der Waals surface area contributed by atoms with Gasteiger partial charge in [0, 0.05) is 6.07 Å². The lowest BCUT2D eigenvalue weighted by atomic mass is 10.1. The monoisotopic (exact) mass is 250 g/mol. The quantitative estimate of drug-likeness (QED) is 0.897. The zero-order chi connectivity index (χ0) is 13.1. The third kappa shape index (κ3) is 2.84. The van der Waals surface area contributed by atoms with E-state index in [4.69, 9.17) is 4.74 Å². The molecule has 0 aliphatic carbocycles. The average molecular weight is 250 g/mol. The van der Waals surface area contributed by atoms with Crippen molar-refractivity contribution < 1.29 is 18.6 Å². The van der Waals surface area contributed by atoms with Crippen LogP contribution in [0.3, 0.4) is 0 Å². The van der Waals surface area contributed by atoms with Gasteiger partial charge in [-0.05, 0) is 36.8 Å². The van der Waals surface area contributed by atoms with E-state index in [0.717, 1.165) is 23.8 Å². The fraction of sp³-hybridized carbons (Fsp3) is 0.143. The highest BCUT2D eigenvalue weighted by molar-refractivity contribution is 5.34. The van der Waals surface area contributed by atoms with E-state index in [9.17, 15) is 13.9 Å². The highest BCUT2D eigenvalue weighted by atomic mass is 19.1. The predicted octanol–water partition coefficient (Wildman–Crippen LogP) is 3.81. The molecule has 0 bridgehead atoms. The van der Waals surface area contributed by atoms with Crippen LogP contribution in [0, 0.1) is 11.6 Å². The number of aliphatic hydroxyl groups is 1. The summed E-state index contributed by atoms with van der Waals surface area (Å²) >= 11 is 0. The molecule has 0 saturated carbocycles. The Morgan fingerprint density at radius 1 is 1.06 bits per heavy atom. The van der Waals surface area contributed by atoms with Gasteiger partial charge >= 0.3 is 0 Å². The highest BCUT2D eigenvalue weighted by Gasteiger charge is 2.07. The first-order valence-electron chi connectivity index (χ1n) is 5.47. The molecule has 2 aromatic carbocycles. The van der Waals surface area contributed by atoms with E-state index in [1.165, 1.54) is 0 Å². The molecule has 0 fully saturated rings. The molecule has 0 amide bonds. The Kier molecular flexibility index (Phi) is 3.58. The summed E-state index contributed by atoms with van der Waals surface area (Å²) in [5.74, 6) is -0.980. The molecule has 1 N–H and O–H groups in total. The first-order chi connectivity index (χ1) is 8.56. The topological polar surface area (TPSA) is 29.5 Å². The summed E-state index contributed by atoms with van der Waals surface area (Å²) in [5, 5.41) is 9.33. The van der Waals surface area contributed by atoms with Crippen LogP contribution in [-0.4, -0.2) is 5.11 Å². The molecule has 1 atom stereocenters. The number of rotatable bonds is 3. The maximum atomic E-state index is 13.3. The second-order valence-electron chi connectivity index (χ2n) is 3.92. The molecule has 2 nitrogen and oxygen atoms in total. The van der Waals surface area contributed by atoms with Crippen LogP contribution in [0.4, 0.5) is 8.78 Å². The molecule has 0 saturated heterocycles. The van der Waals surface area contributed by atoms with E-state index < -0.39 is 17.7 Å². The molecule has 0 radical (unpaired) electrons. The zero-order valence-electron chi connectivity index (χ0n) is 9.73. The molecule has 4 heteroatoms. The van der Waals surface area contributed by atoms with Gasteiger partial charge in [0.2, 0.25) is 0 Å². The summed E-state index contributed by atoms with van der Waals surface area (Å²) < 4.78 is 31.5. The number of hydrogen-bond acceptors (Lipinski definition) is 2. The summed E-state index contributed by atoms with van der Waals surface area (Å²) in [6.45, 7) is 1.64. The van der Waals surface area contributed by atoms with Crippen LogP contribution in [0.5, 0.6) is 11.5 Å². The minimum absolute atomic E-state index is 0.167. The van der Waals surface area contributed by atoms with Gasteiger partial charge < -0.3 is 9.84 Å². The molecule has 2 aromatic rings. The van der Waals surface area contributed by atoms with Crippen molar-refractivity contribution in [3.63, 3.8) is 0 Å². The van der Waals surface area contributed by atoms with Gasteiger partial charge in [-0.1, -0.05) is 12.1 Å². The van der Waals surface area contributed by atoms with Crippen LogP contribution in [0.1, 0.15) is 18.6 Å². The SMILES string of the molecule is CC(O)c1ccc(Oc2cc(F)ccc2F)cc1. The van der Waals surface area contributed by atoms with Crippen LogP contribution >= 0.6 is 0 Å². The first kappa shape index (κ1) is 12.5. The average Bonchev–Trinajstić information content (AvgIpc) is 2.34. The van der Waals surface area contributed by atoms with Crippen LogP contribution in [0.2, 0.25) is 0 Å². The van der Waals surface area contributed by atoms with Gasteiger partial charge in [-0.25, -0.2) is 8.78 Å². The van der Waals surface area contributed by atoms with E-state index in [-0.39, 0.29) is 5.75 Å². The molecule has 0 aromatic heterocycles. The molecular weight excluding hydrogens is 238 g/mol. The maximum Gasteiger partial charge on any atom is 0.165 e. The largest absolute Gasteiger partial charge is 0.454 e. The fourth-order valence-corrected chi connectivity index (χ4v) is 1.50. The molecule has 0 aliphatic rings. The van der Waals surface area contributed by atoms with Gasteiger partial charge in [-0.3, -0.25) is 0 Å². The fourth-order valence-electron chi connectivity index (χ4n) is 1.50. The van der Waals surface area contributed by atoms with Crippen molar-refractivity contribution in [1.82, 2.24) is 0 Å². The van der Waals surface area contributed by atoms with Crippen LogP contribution < -0.4 is 4.74 Å². The molecular formula is C14H12F2O2. The molecule has 0 heterocycles. The Morgan fingerprint density at radius 3 is 2.33 bits per heavy atom. The van der Waals surface area contributed by atoms with Gasteiger partial charge in [0.25, 0.3) is 0 Å². The lowest BCUT2D eigenvalue weighted by molar-refractivity contribution is 0.199. The Morgan fingerprint density at radius 2 is 1.72 bits per heavy atom. The second-order valence-corrected chi connectivity index (χ2v) is 3.92. The zero-order valence-corrected chi connectivity index (χ0v) is 9.73. The number of hydrogen-bond donors (Lipinski definition) is 1. The summed E-state index contributed by atoms with van der Waals surface area (Å²) in [5.41, 5.74) is 0.724. The highest BCUT2D eigenvalue weighted by Crippen LogP contribution is 2.26. The minimum atomic E-state index is -0.629. The van der Waals surface area contributed by atoms with Crippen LogP contribution in [-0.2, 0) is 0 Å². The summed E-state index contributed by atoms with van der Waals surface area (Å²) in [7, 11) is 0. The van der Waals surface area contributed by atoms with E-state index in [1.807, 2.05) is 0 Å². The second kappa shape index (κ2) is 5.14. The maximum absolute atomic E-state index is 13.3. The van der Waals surface area contributed by atoms with Crippen molar-refractivity contribution in [2.75, 3.05) is 0 Å². The number of benzene rings is 2. The number of halogens is 2. The molecule has 0 aliphatic heterocycles. The van der Waals surface area contributed by atoms with Crippen molar-refractivity contribution in [3.05, 3.63) is 59.7 Å². The normalized spacial score (nSPS) is 12.2. The predicted molar refractivity (Wildman–Crippen MR) is 63.5 cm³/mol. The van der Waals surface area contributed by atoms with E-state index in [2.05, 4.69) is 0 Å². The van der Waals surface area contributed by atoms with Crippen molar-refractivity contribution in [3.8, 4) is 11.5 Å². The molecule has 94 valence electrons. The van der Waals surface area contributed by atoms with Crippen LogP contribution in [0.15, 0.2) is 42.5 Å². The third-order valence-corrected chi connectivity index (χ3v) is 2.48. The van der Waals surface area contributed by atoms with Crippen molar-refractivity contribution in [2.24, 2.45) is 0 Å². The van der Waals surface area contributed by atoms with Crippen molar-refractivity contribution in [2.45, 2.75) is 13.0 Å². The molecule has 2 rings (SSSR count). The molecule has 1 unspecified atom stereocenters. The minimum Gasteiger partial charge on any atom is -0.454 e. The van der Waals surface area contributed by atoms with Crippen molar-refractivity contribution >= 4 is 0 Å². The van der Waals surface area contributed by atoms with Gasteiger partial charge in [0.1, 0.15) is 11.6 Å². The van der Waals surface area contributed by atoms with E-state index >= 15 is 0 Å². The van der Waals surface area contributed by atoms with Gasteiger partial charge in [0.15, 0.2) is 11.6 Å². The third-order valence-electron chi connectivity index (χ3n) is 2.48. The first-order valence-corrected chi connectivity index (χ1v) is 5.47. The smallest absolute Gasteiger partial charge is 0.165 e. The summed E-state index contributed by atoms with van der Waals surface area (Å²) in [6.07, 6.45) is -0.579. The Balaban J connectivity index is 2.21.